The summed E-state index contributed by atoms with van der Waals surface area (Å²) in [7, 11) is 3.69. The van der Waals surface area contributed by atoms with Gasteiger partial charge >= 0.3 is 0 Å². The lowest BCUT2D eigenvalue weighted by atomic mass is 10.7. The van der Waals surface area contributed by atoms with Crippen molar-refractivity contribution in [2.24, 2.45) is 0 Å². The van der Waals surface area contributed by atoms with E-state index in [1.165, 1.54) is 0 Å². The topological polar surface area (TPSA) is 40.2 Å². The molecule has 0 aromatic rings. The zero-order valence-corrected chi connectivity index (χ0v) is 10.0. The predicted molar refractivity (Wildman–Crippen MR) is 57.8 cm³/mol. The second-order valence-corrected chi connectivity index (χ2v) is 3.07. The van der Waals surface area contributed by atoms with Gasteiger partial charge in [-0.25, -0.2) is 0 Å². The molecule has 0 fully saturated rings. The Labute approximate surface area is 92.2 Å². The summed E-state index contributed by atoms with van der Waals surface area (Å²) in [5.41, 5.74) is 0. The molecule has 0 aromatic heterocycles. The third-order valence-corrected chi connectivity index (χ3v) is 1.53. The summed E-state index contributed by atoms with van der Waals surface area (Å²) in [5, 5.41) is 1.65. The van der Waals surface area contributed by atoms with Gasteiger partial charge in [-0.05, 0) is 6.92 Å². The second-order valence-electron chi connectivity index (χ2n) is 3.07. The standard InChI is InChI=1S/C10H23NO4/c1-4-12-5-6-13-7-8-14-9-10-15-11(2)3/h4-10H2,1-3H3. The van der Waals surface area contributed by atoms with Gasteiger partial charge in [0.2, 0.25) is 0 Å². The Balaban J connectivity index is 2.87. The summed E-state index contributed by atoms with van der Waals surface area (Å²) in [6, 6.07) is 0. The zero-order valence-electron chi connectivity index (χ0n) is 10.0. The van der Waals surface area contributed by atoms with Gasteiger partial charge in [0, 0.05) is 20.7 Å². The summed E-state index contributed by atoms with van der Waals surface area (Å²) >= 11 is 0. The first-order valence-corrected chi connectivity index (χ1v) is 5.30. The van der Waals surface area contributed by atoms with E-state index in [4.69, 9.17) is 19.0 Å². The first-order valence-electron chi connectivity index (χ1n) is 5.30. The molecule has 0 N–H and O–H groups in total. The Morgan fingerprint density at radius 3 is 1.67 bits per heavy atom. The number of hydroxylamine groups is 2. The molecule has 0 aliphatic heterocycles. The van der Waals surface area contributed by atoms with Gasteiger partial charge in [0.25, 0.3) is 0 Å². The SMILES string of the molecule is CCOCCOCCOCCON(C)C. The highest BCUT2D eigenvalue weighted by molar-refractivity contribution is 4.33. The van der Waals surface area contributed by atoms with Crippen LogP contribution in [0, 0.1) is 0 Å². The first-order chi connectivity index (χ1) is 7.27. The van der Waals surface area contributed by atoms with Crippen molar-refractivity contribution in [3.63, 3.8) is 0 Å². The quantitative estimate of drug-likeness (QED) is 0.376. The molecule has 0 unspecified atom stereocenters. The van der Waals surface area contributed by atoms with Crippen LogP contribution in [-0.2, 0) is 19.0 Å². The molecule has 0 radical (unpaired) electrons. The molecule has 5 heteroatoms. The van der Waals surface area contributed by atoms with Crippen molar-refractivity contribution < 1.29 is 19.0 Å². The van der Waals surface area contributed by atoms with Crippen LogP contribution in [-0.4, -0.2) is 65.4 Å². The number of nitrogens with zero attached hydrogens (tertiary/aromatic N) is 1. The van der Waals surface area contributed by atoms with Gasteiger partial charge in [-0.3, -0.25) is 4.84 Å². The van der Waals surface area contributed by atoms with Crippen LogP contribution in [0.25, 0.3) is 0 Å². The van der Waals surface area contributed by atoms with Gasteiger partial charge in [0.15, 0.2) is 0 Å². The van der Waals surface area contributed by atoms with Crippen LogP contribution in [0.1, 0.15) is 6.92 Å². The fourth-order valence-corrected chi connectivity index (χ4v) is 0.863. The third-order valence-electron chi connectivity index (χ3n) is 1.53. The predicted octanol–water partition coefficient (Wildman–Crippen LogP) is 0.549. The van der Waals surface area contributed by atoms with Crippen molar-refractivity contribution in [2.75, 3.05) is 60.3 Å². The fraction of sp³-hybridized carbons (Fsp3) is 1.00. The number of hydrogen-bond donors (Lipinski definition) is 0. The second kappa shape index (κ2) is 11.9. The smallest absolute Gasteiger partial charge is 0.0918 e. The van der Waals surface area contributed by atoms with Crippen LogP contribution in [0.2, 0.25) is 0 Å². The van der Waals surface area contributed by atoms with Crippen molar-refractivity contribution >= 4 is 0 Å². The molecule has 0 aromatic carbocycles. The third kappa shape index (κ3) is 13.8. The van der Waals surface area contributed by atoms with Crippen LogP contribution in [0.15, 0.2) is 0 Å². The molecule has 0 spiro atoms. The Bertz CT molecular complexity index is 122. The van der Waals surface area contributed by atoms with Crippen LogP contribution in [0.3, 0.4) is 0 Å². The van der Waals surface area contributed by atoms with Crippen molar-refractivity contribution in [1.82, 2.24) is 5.06 Å². The summed E-state index contributed by atoms with van der Waals surface area (Å²) < 4.78 is 15.6. The Kier molecular flexibility index (Phi) is 11.7. The number of rotatable bonds is 11. The molecule has 0 atom stereocenters. The van der Waals surface area contributed by atoms with E-state index in [2.05, 4.69) is 0 Å². The molecular weight excluding hydrogens is 198 g/mol. The summed E-state index contributed by atoms with van der Waals surface area (Å²) in [4.78, 5) is 5.15. The molecule has 92 valence electrons. The average molecular weight is 221 g/mol. The van der Waals surface area contributed by atoms with Crippen LogP contribution >= 0.6 is 0 Å². The molecule has 5 nitrogen and oxygen atoms in total. The van der Waals surface area contributed by atoms with E-state index in [0.717, 1.165) is 6.61 Å². The number of hydrogen-bond acceptors (Lipinski definition) is 5. The van der Waals surface area contributed by atoms with Crippen LogP contribution < -0.4 is 0 Å². The summed E-state index contributed by atoms with van der Waals surface area (Å²) in [6.45, 7) is 6.36. The Hall–Kier alpha value is -0.200. The largest absolute Gasteiger partial charge is 0.379 e. The first kappa shape index (κ1) is 14.8. The molecule has 0 bridgehead atoms. The van der Waals surface area contributed by atoms with Gasteiger partial charge in [0.05, 0.1) is 39.6 Å². The molecule has 0 saturated heterocycles. The van der Waals surface area contributed by atoms with Crippen molar-refractivity contribution in [1.29, 1.82) is 0 Å². The van der Waals surface area contributed by atoms with Crippen molar-refractivity contribution in [3.8, 4) is 0 Å². The lowest BCUT2D eigenvalue weighted by Gasteiger charge is -2.10. The lowest BCUT2D eigenvalue weighted by Crippen LogP contribution is -2.17. The normalized spacial score (nSPS) is 11.2. The van der Waals surface area contributed by atoms with E-state index in [1.54, 1.807) is 5.06 Å². The number of ether oxygens (including phenoxy) is 3. The van der Waals surface area contributed by atoms with E-state index >= 15 is 0 Å². The zero-order chi connectivity index (χ0) is 11.4. The highest BCUT2D eigenvalue weighted by Gasteiger charge is 1.92. The fourth-order valence-electron chi connectivity index (χ4n) is 0.863. The van der Waals surface area contributed by atoms with Gasteiger partial charge in [-0.15, -0.1) is 0 Å². The molecule has 15 heavy (non-hydrogen) atoms. The minimum absolute atomic E-state index is 0.575. The monoisotopic (exact) mass is 221 g/mol. The molecule has 0 aliphatic carbocycles. The summed E-state index contributed by atoms with van der Waals surface area (Å²) in [6.07, 6.45) is 0. The highest BCUT2D eigenvalue weighted by Crippen LogP contribution is 1.83. The van der Waals surface area contributed by atoms with Gasteiger partial charge in [-0.2, -0.15) is 5.06 Å². The Morgan fingerprint density at radius 2 is 1.20 bits per heavy atom. The lowest BCUT2D eigenvalue weighted by molar-refractivity contribution is -0.135. The van der Waals surface area contributed by atoms with Gasteiger partial charge < -0.3 is 14.2 Å². The van der Waals surface area contributed by atoms with E-state index in [1.807, 2.05) is 21.0 Å². The molecular formula is C10H23NO4. The maximum absolute atomic E-state index is 5.27. The van der Waals surface area contributed by atoms with Crippen LogP contribution in [0.5, 0.6) is 0 Å². The van der Waals surface area contributed by atoms with E-state index in [9.17, 15) is 0 Å². The van der Waals surface area contributed by atoms with Crippen LogP contribution in [0.4, 0.5) is 0 Å². The molecule has 0 saturated carbocycles. The molecule has 0 rings (SSSR count). The minimum atomic E-state index is 0.575. The molecule has 0 heterocycles. The van der Waals surface area contributed by atoms with Gasteiger partial charge in [0.1, 0.15) is 0 Å². The minimum Gasteiger partial charge on any atom is -0.379 e. The van der Waals surface area contributed by atoms with Crippen molar-refractivity contribution in [2.45, 2.75) is 6.92 Å². The van der Waals surface area contributed by atoms with Crippen molar-refractivity contribution in [3.05, 3.63) is 0 Å². The molecule has 0 amide bonds. The van der Waals surface area contributed by atoms with E-state index in [-0.39, 0.29) is 0 Å². The average Bonchev–Trinajstić information content (AvgIpc) is 2.20. The Morgan fingerprint density at radius 1 is 0.733 bits per heavy atom. The summed E-state index contributed by atoms with van der Waals surface area (Å²) in [5.74, 6) is 0. The van der Waals surface area contributed by atoms with E-state index < -0.39 is 0 Å². The maximum Gasteiger partial charge on any atom is 0.0918 e. The van der Waals surface area contributed by atoms with Gasteiger partial charge in [-0.1, -0.05) is 0 Å². The maximum atomic E-state index is 5.27. The van der Waals surface area contributed by atoms with E-state index in [0.29, 0.717) is 39.6 Å². The molecule has 0 aliphatic rings. The highest BCUT2D eigenvalue weighted by atomic mass is 16.7.